The lowest BCUT2D eigenvalue weighted by Crippen LogP contribution is -2.31. The first-order valence-corrected chi connectivity index (χ1v) is 6.95. The second kappa shape index (κ2) is 7.04. The van der Waals surface area contributed by atoms with Crippen LogP contribution in [0.3, 0.4) is 0 Å². The number of carbonyl (C=O) groups is 1. The fourth-order valence-corrected chi connectivity index (χ4v) is 1.94. The van der Waals surface area contributed by atoms with Crippen LogP contribution in [0.1, 0.15) is 35.0 Å². The Morgan fingerprint density at radius 1 is 1.41 bits per heavy atom. The number of rotatable bonds is 6. The number of aryl methyl sites for hydroxylation is 1. The van der Waals surface area contributed by atoms with Crippen LogP contribution in [-0.2, 0) is 11.3 Å². The van der Waals surface area contributed by atoms with Gasteiger partial charge in [-0.1, -0.05) is 0 Å². The van der Waals surface area contributed by atoms with E-state index >= 15 is 0 Å². The first-order valence-electron chi connectivity index (χ1n) is 6.95. The van der Waals surface area contributed by atoms with Crippen molar-refractivity contribution in [3.8, 4) is 0 Å². The highest BCUT2D eigenvalue weighted by Gasteiger charge is 2.16. The molecule has 0 aliphatic heterocycles. The van der Waals surface area contributed by atoms with E-state index in [2.05, 4.69) is 10.4 Å². The van der Waals surface area contributed by atoms with Gasteiger partial charge in [0.15, 0.2) is 0 Å². The van der Waals surface area contributed by atoms with Crippen LogP contribution in [0.4, 0.5) is 0 Å². The van der Waals surface area contributed by atoms with Gasteiger partial charge in [-0.2, -0.15) is 5.10 Å². The first-order chi connectivity index (χ1) is 10.5. The Hall–Kier alpha value is -2.41. The highest BCUT2D eigenvalue weighted by atomic mass is 16.5. The molecule has 0 saturated carbocycles. The molecule has 0 bridgehead atoms. The largest absolute Gasteiger partial charge is 0.464 e. The van der Waals surface area contributed by atoms with Crippen molar-refractivity contribution in [3.05, 3.63) is 51.8 Å². The van der Waals surface area contributed by atoms with E-state index in [1.807, 2.05) is 26.0 Å². The minimum absolute atomic E-state index is 0.172. The summed E-state index contributed by atoms with van der Waals surface area (Å²) in [6, 6.07) is 6.08. The van der Waals surface area contributed by atoms with E-state index in [-0.39, 0.29) is 23.2 Å². The van der Waals surface area contributed by atoms with E-state index < -0.39 is 0 Å². The quantitative estimate of drug-likeness (QED) is 0.869. The maximum absolute atomic E-state index is 12.2. The molecule has 0 unspecified atom stereocenters. The number of hydrogen-bond acceptors (Lipinski definition) is 5. The number of ether oxygens (including phenoxy) is 1. The summed E-state index contributed by atoms with van der Waals surface area (Å²) < 4.78 is 11.6. The Kier molecular flexibility index (Phi) is 5.11. The van der Waals surface area contributed by atoms with Crippen LogP contribution in [0, 0.1) is 6.92 Å². The molecule has 2 aromatic rings. The Bertz CT molecular complexity index is 705. The average Bonchev–Trinajstić information content (AvgIpc) is 2.93. The molecule has 0 fully saturated rings. The van der Waals surface area contributed by atoms with Gasteiger partial charge >= 0.3 is 0 Å². The normalized spacial score (nSPS) is 12.1. The third kappa shape index (κ3) is 3.82. The fourth-order valence-electron chi connectivity index (χ4n) is 1.94. The van der Waals surface area contributed by atoms with E-state index in [1.165, 1.54) is 23.9 Å². The van der Waals surface area contributed by atoms with E-state index in [0.29, 0.717) is 18.9 Å². The fraction of sp³-hybridized carbons (Fsp3) is 0.400. The van der Waals surface area contributed by atoms with Gasteiger partial charge in [-0.15, -0.1) is 0 Å². The molecule has 0 spiro atoms. The summed E-state index contributed by atoms with van der Waals surface area (Å²) in [7, 11) is 1.54. The second-order valence-electron chi connectivity index (χ2n) is 4.92. The number of nitrogens with zero attached hydrogens (tertiary/aromatic N) is 2. The zero-order valence-electron chi connectivity index (χ0n) is 12.8. The third-order valence-corrected chi connectivity index (χ3v) is 3.14. The second-order valence-corrected chi connectivity index (χ2v) is 4.92. The van der Waals surface area contributed by atoms with E-state index in [1.54, 1.807) is 0 Å². The van der Waals surface area contributed by atoms with Gasteiger partial charge in [0.2, 0.25) is 0 Å². The van der Waals surface area contributed by atoms with Gasteiger partial charge in [0.05, 0.1) is 19.2 Å². The first kappa shape index (κ1) is 16.0. The summed E-state index contributed by atoms with van der Waals surface area (Å²) in [5, 5.41) is 6.83. The summed E-state index contributed by atoms with van der Waals surface area (Å²) in [6.07, 6.45) is 0. The summed E-state index contributed by atoms with van der Waals surface area (Å²) >= 11 is 0. The molecule has 2 aromatic heterocycles. The average molecular weight is 305 g/mol. The minimum atomic E-state index is -0.368. The highest BCUT2D eigenvalue weighted by Crippen LogP contribution is 2.15. The molecule has 0 aromatic carbocycles. The van der Waals surface area contributed by atoms with Gasteiger partial charge in [-0.3, -0.25) is 9.59 Å². The maximum atomic E-state index is 12.2. The number of furan rings is 1. The summed E-state index contributed by atoms with van der Waals surface area (Å²) in [5.74, 6) is 1.08. The zero-order chi connectivity index (χ0) is 16.1. The summed E-state index contributed by atoms with van der Waals surface area (Å²) in [6.45, 7) is 4.30. The lowest BCUT2D eigenvalue weighted by atomic mass is 10.2. The maximum Gasteiger partial charge on any atom is 0.272 e. The van der Waals surface area contributed by atoms with Crippen LogP contribution in [0.15, 0.2) is 33.5 Å². The topological polar surface area (TPSA) is 86.4 Å². The van der Waals surface area contributed by atoms with Gasteiger partial charge in [0.25, 0.3) is 11.5 Å². The van der Waals surface area contributed by atoms with Crippen molar-refractivity contribution in [1.82, 2.24) is 15.1 Å². The van der Waals surface area contributed by atoms with Gasteiger partial charge in [-0.25, -0.2) is 4.68 Å². The van der Waals surface area contributed by atoms with Crippen LogP contribution < -0.4 is 10.9 Å². The third-order valence-electron chi connectivity index (χ3n) is 3.14. The lowest BCUT2D eigenvalue weighted by Gasteiger charge is -2.12. The highest BCUT2D eigenvalue weighted by molar-refractivity contribution is 5.92. The predicted molar refractivity (Wildman–Crippen MR) is 79.7 cm³/mol. The molecule has 1 N–H and O–H groups in total. The number of hydrogen-bond donors (Lipinski definition) is 1. The van der Waals surface area contributed by atoms with Crippen molar-refractivity contribution in [2.45, 2.75) is 26.4 Å². The number of amides is 1. The van der Waals surface area contributed by atoms with Crippen molar-refractivity contribution in [3.63, 3.8) is 0 Å². The molecule has 118 valence electrons. The SMILES string of the molecule is COCCn1nc(C(=O)N[C@@H](C)c2ccc(C)o2)ccc1=O. The Morgan fingerprint density at radius 2 is 2.18 bits per heavy atom. The van der Waals surface area contributed by atoms with Gasteiger partial charge < -0.3 is 14.5 Å². The smallest absolute Gasteiger partial charge is 0.272 e. The lowest BCUT2D eigenvalue weighted by molar-refractivity contribution is 0.0926. The molecule has 7 heteroatoms. The molecule has 1 amide bonds. The molecule has 0 radical (unpaired) electrons. The molecule has 0 aliphatic carbocycles. The van der Waals surface area contributed by atoms with Crippen molar-refractivity contribution in [1.29, 1.82) is 0 Å². The Balaban J connectivity index is 2.10. The van der Waals surface area contributed by atoms with Crippen molar-refractivity contribution in [2.75, 3.05) is 13.7 Å². The summed E-state index contributed by atoms with van der Waals surface area (Å²) in [4.78, 5) is 23.9. The predicted octanol–water partition coefficient (Wildman–Crippen LogP) is 1.28. The van der Waals surface area contributed by atoms with E-state index in [0.717, 1.165) is 5.76 Å². The molecule has 7 nitrogen and oxygen atoms in total. The molecular weight excluding hydrogens is 286 g/mol. The number of nitrogens with one attached hydrogen (secondary N) is 1. The number of carbonyl (C=O) groups excluding carboxylic acids is 1. The van der Waals surface area contributed by atoms with Crippen LogP contribution in [0.5, 0.6) is 0 Å². The monoisotopic (exact) mass is 305 g/mol. The zero-order valence-corrected chi connectivity index (χ0v) is 12.8. The number of aromatic nitrogens is 2. The van der Waals surface area contributed by atoms with Crippen molar-refractivity contribution < 1.29 is 13.9 Å². The Morgan fingerprint density at radius 3 is 2.82 bits per heavy atom. The van der Waals surface area contributed by atoms with Gasteiger partial charge in [-0.05, 0) is 32.0 Å². The van der Waals surface area contributed by atoms with Crippen LogP contribution in [0.25, 0.3) is 0 Å². The molecule has 22 heavy (non-hydrogen) atoms. The van der Waals surface area contributed by atoms with Crippen LogP contribution in [0.2, 0.25) is 0 Å². The Labute approximate surface area is 127 Å². The van der Waals surface area contributed by atoms with E-state index in [9.17, 15) is 9.59 Å². The molecule has 2 rings (SSSR count). The van der Waals surface area contributed by atoms with Crippen LogP contribution >= 0.6 is 0 Å². The molecule has 0 aliphatic rings. The van der Waals surface area contributed by atoms with Gasteiger partial charge in [0.1, 0.15) is 17.2 Å². The summed E-state index contributed by atoms with van der Waals surface area (Å²) in [5.41, 5.74) is -0.103. The minimum Gasteiger partial charge on any atom is -0.464 e. The van der Waals surface area contributed by atoms with Gasteiger partial charge in [0, 0.05) is 13.2 Å². The standard InChI is InChI=1S/C15H19N3O4/c1-10-4-6-13(22-10)11(2)16-15(20)12-5-7-14(19)18(17-12)8-9-21-3/h4-7,11H,8-9H2,1-3H3,(H,16,20)/t11-/m0/s1. The van der Waals surface area contributed by atoms with E-state index in [4.69, 9.17) is 9.15 Å². The van der Waals surface area contributed by atoms with Crippen molar-refractivity contribution in [2.24, 2.45) is 0 Å². The molecule has 1 atom stereocenters. The molecule has 2 heterocycles. The molecule has 0 saturated heterocycles. The number of methoxy groups -OCH3 is 1. The van der Waals surface area contributed by atoms with Crippen molar-refractivity contribution >= 4 is 5.91 Å². The van der Waals surface area contributed by atoms with Crippen LogP contribution in [-0.4, -0.2) is 29.4 Å². The molecular formula is C15H19N3O4.